The summed E-state index contributed by atoms with van der Waals surface area (Å²) >= 11 is 0. The summed E-state index contributed by atoms with van der Waals surface area (Å²) in [7, 11) is 0. The number of nitrogens with two attached hydrogens (primary N) is 1. The van der Waals surface area contributed by atoms with Gasteiger partial charge < -0.3 is 16.2 Å². The molecule has 0 aromatic carbocycles. The highest BCUT2D eigenvalue weighted by Gasteiger charge is 2.25. The van der Waals surface area contributed by atoms with Crippen LogP contribution in [0.25, 0.3) is 0 Å². The minimum atomic E-state index is -0.763. The van der Waals surface area contributed by atoms with Crippen LogP contribution in [-0.2, 0) is 4.79 Å². The van der Waals surface area contributed by atoms with Gasteiger partial charge in [-0.2, -0.15) is 0 Å². The third-order valence-electron chi connectivity index (χ3n) is 2.12. The number of carboxylic acid groups (broad SMARTS) is 1. The van der Waals surface area contributed by atoms with Crippen LogP contribution in [0.15, 0.2) is 0 Å². The van der Waals surface area contributed by atoms with Crippen LogP contribution in [0.5, 0.6) is 0 Å². The van der Waals surface area contributed by atoms with Crippen LogP contribution in [0.4, 0.5) is 0 Å². The molecule has 11 heavy (non-hydrogen) atoms. The van der Waals surface area contributed by atoms with Gasteiger partial charge in [0.2, 0.25) is 0 Å². The number of rotatable bonds is 1. The monoisotopic (exact) mass is 158 g/mol. The Hall–Kier alpha value is -0.610. The van der Waals surface area contributed by atoms with Gasteiger partial charge in [-0.1, -0.05) is 0 Å². The van der Waals surface area contributed by atoms with Gasteiger partial charge in [-0.05, 0) is 25.9 Å². The molecule has 1 aliphatic rings. The molecule has 1 fully saturated rings. The van der Waals surface area contributed by atoms with Gasteiger partial charge in [0.1, 0.15) is 0 Å². The fraction of sp³-hybridized carbons (Fsp3) is 0.857. The van der Waals surface area contributed by atoms with Crippen LogP contribution in [0.2, 0.25) is 0 Å². The molecule has 0 aliphatic carbocycles. The van der Waals surface area contributed by atoms with Crippen LogP contribution in [0, 0.1) is 5.92 Å². The third kappa shape index (κ3) is 2.17. The zero-order chi connectivity index (χ0) is 8.27. The summed E-state index contributed by atoms with van der Waals surface area (Å²) in [6.45, 7) is 1.61. The van der Waals surface area contributed by atoms with Crippen molar-refractivity contribution in [1.29, 1.82) is 0 Å². The highest BCUT2D eigenvalue weighted by Crippen LogP contribution is 2.12. The van der Waals surface area contributed by atoms with Crippen molar-refractivity contribution in [2.45, 2.75) is 18.9 Å². The van der Waals surface area contributed by atoms with Crippen molar-refractivity contribution in [3.8, 4) is 0 Å². The fourth-order valence-corrected chi connectivity index (χ4v) is 1.37. The molecule has 4 N–H and O–H groups in total. The minimum Gasteiger partial charge on any atom is -0.481 e. The van der Waals surface area contributed by atoms with Gasteiger partial charge in [0.05, 0.1) is 5.92 Å². The Morgan fingerprint density at radius 1 is 1.45 bits per heavy atom. The molecule has 1 aliphatic heterocycles. The third-order valence-corrected chi connectivity index (χ3v) is 2.12. The lowest BCUT2D eigenvalue weighted by Crippen LogP contribution is -2.35. The number of carboxylic acids is 1. The predicted octanol–water partition coefficient (Wildman–Crippen LogP) is -0.602. The lowest BCUT2D eigenvalue weighted by molar-refractivity contribution is -0.142. The van der Waals surface area contributed by atoms with Crippen LogP contribution in [0.3, 0.4) is 0 Å². The first kappa shape index (κ1) is 8.49. The van der Waals surface area contributed by atoms with Gasteiger partial charge in [-0.3, -0.25) is 4.79 Å². The number of nitrogens with one attached hydrogen (secondary N) is 1. The van der Waals surface area contributed by atoms with E-state index < -0.39 is 5.97 Å². The second-order valence-electron chi connectivity index (χ2n) is 2.94. The zero-order valence-electron chi connectivity index (χ0n) is 6.42. The first-order valence-corrected chi connectivity index (χ1v) is 3.91. The Morgan fingerprint density at radius 3 is 2.73 bits per heavy atom. The molecule has 0 aromatic rings. The summed E-state index contributed by atoms with van der Waals surface area (Å²) in [4.78, 5) is 10.6. The Labute approximate surface area is 65.8 Å². The summed E-state index contributed by atoms with van der Waals surface area (Å²) in [6, 6.07) is -0.178. The maximum absolute atomic E-state index is 10.6. The highest BCUT2D eigenvalue weighted by molar-refractivity contribution is 5.70. The molecule has 0 amide bonds. The number of aliphatic carboxylic acids is 1. The molecule has 2 atom stereocenters. The maximum Gasteiger partial charge on any atom is 0.308 e. The molecule has 4 nitrogen and oxygen atoms in total. The van der Waals surface area contributed by atoms with Crippen LogP contribution in [0.1, 0.15) is 12.8 Å². The molecule has 4 heteroatoms. The molecule has 1 heterocycles. The summed E-state index contributed by atoms with van der Waals surface area (Å²) in [5.41, 5.74) is 5.66. The Morgan fingerprint density at radius 2 is 2.09 bits per heavy atom. The lowest BCUT2D eigenvalue weighted by atomic mass is 9.96. The van der Waals surface area contributed by atoms with E-state index in [1.807, 2.05) is 0 Å². The van der Waals surface area contributed by atoms with E-state index in [9.17, 15) is 4.79 Å². The van der Waals surface area contributed by atoms with Crippen molar-refractivity contribution in [2.75, 3.05) is 13.1 Å². The normalized spacial score (nSPS) is 32.8. The van der Waals surface area contributed by atoms with Gasteiger partial charge in [0.25, 0.3) is 0 Å². The fourth-order valence-electron chi connectivity index (χ4n) is 1.37. The van der Waals surface area contributed by atoms with Crippen molar-refractivity contribution in [3.63, 3.8) is 0 Å². The first-order valence-electron chi connectivity index (χ1n) is 3.91. The van der Waals surface area contributed by atoms with Crippen molar-refractivity contribution in [1.82, 2.24) is 5.32 Å². The second-order valence-corrected chi connectivity index (χ2v) is 2.94. The standard InChI is InChI=1S/C7H14N2O2/c8-6-2-4-9-3-1-5(6)7(10)11/h5-6,9H,1-4,8H2,(H,10,11). The Kier molecular flexibility index (Phi) is 2.84. The van der Waals surface area contributed by atoms with Crippen LogP contribution in [-0.4, -0.2) is 30.2 Å². The van der Waals surface area contributed by atoms with Gasteiger partial charge in [-0.25, -0.2) is 0 Å². The van der Waals surface area contributed by atoms with Crippen molar-refractivity contribution >= 4 is 5.97 Å². The molecule has 0 aromatic heterocycles. The molecular formula is C7H14N2O2. The van der Waals surface area contributed by atoms with Crippen molar-refractivity contribution in [2.24, 2.45) is 11.7 Å². The van der Waals surface area contributed by atoms with E-state index in [2.05, 4.69) is 5.32 Å². The molecule has 1 saturated heterocycles. The van der Waals surface area contributed by atoms with Crippen molar-refractivity contribution in [3.05, 3.63) is 0 Å². The van der Waals surface area contributed by atoms with E-state index >= 15 is 0 Å². The average Bonchev–Trinajstić information content (AvgIpc) is 2.13. The summed E-state index contributed by atoms with van der Waals surface area (Å²) in [6.07, 6.45) is 1.41. The molecular weight excluding hydrogens is 144 g/mol. The summed E-state index contributed by atoms with van der Waals surface area (Å²) in [5, 5.41) is 11.8. The molecule has 0 spiro atoms. The summed E-state index contributed by atoms with van der Waals surface area (Å²) in [5.74, 6) is -1.12. The van der Waals surface area contributed by atoms with E-state index in [1.54, 1.807) is 0 Å². The molecule has 0 radical (unpaired) electrons. The van der Waals surface area contributed by atoms with Gasteiger partial charge in [0.15, 0.2) is 0 Å². The highest BCUT2D eigenvalue weighted by atomic mass is 16.4. The molecule has 64 valence electrons. The summed E-state index contributed by atoms with van der Waals surface area (Å²) < 4.78 is 0. The lowest BCUT2D eigenvalue weighted by Gasteiger charge is -2.15. The van der Waals surface area contributed by atoms with E-state index in [1.165, 1.54) is 0 Å². The SMILES string of the molecule is NC1CCNCCC1C(=O)O. The quantitative estimate of drug-likeness (QED) is 0.476. The minimum absolute atomic E-state index is 0.178. The Bertz CT molecular complexity index is 149. The maximum atomic E-state index is 10.6. The molecule has 1 rings (SSSR count). The first-order chi connectivity index (χ1) is 5.22. The molecule has 0 bridgehead atoms. The van der Waals surface area contributed by atoms with Gasteiger partial charge in [-0.15, -0.1) is 0 Å². The second kappa shape index (κ2) is 3.69. The zero-order valence-corrected chi connectivity index (χ0v) is 6.42. The number of carbonyl (C=O) groups is 1. The van der Waals surface area contributed by atoms with E-state index in [-0.39, 0.29) is 12.0 Å². The van der Waals surface area contributed by atoms with Gasteiger partial charge >= 0.3 is 5.97 Å². The molecule has 2 unspecified atom stereocenters. The average molecular weight is 158 g/mol. The smallest absolute Gasteiger partial charge is 0.308 e. The number of hydrogen-bond acceptors (Lipinski definition) is 3. The molecule has 0 saturated carbocycles. The van der Waals surface area contributed by atoms with Crippen LogP contribution >= 0.6 is 0 Å². The Balaban J connectivity index is 2.52. The van der Waals surface area contributed by atoms with Crippen molar-refractivity contribution < 1.29 is 9.90 Å². The van der Waals surface area contributed by atoms with E-state index in [0.29, 0.717) is 6.42 Å². The largest absolute Gasteiger partial charge is 0.481 e. The van der Waals surface area contributed by atoms with E-state index in [0.717, 1.165) is 19.5 Å². The van der Waals surface area contributed by atoms with Gasteiger partial charge in [0, 0.05) is 6.04 Å². The number of hydrogen-bond donors (Lipinski definition) is 3. The predicted molar refractivity (Wildman–Crippen MR) is 41.2 cm³/mol. The van der Waals surface area contributed by atoms with Crippen LogP contribution < -0.4 is 11.1 Å². The topological polar surface area (TPSA) is 75.3 Å². The van der Waals surface area contributed by atoms with E-state index in [4.69, 9.17) is 10.8 Å².